The monoisotopic (exact) mass is 270 g/mol. The van der Waals surface area contributed by atoms with Crippen molar-refractivity contribution in [3.63, 3.8) is 0 Å². The third-order valence-corrected chi connectivity index (χ3v) is 3.97. The zero-order chi connectivity index (χ0) is 14.0. The number of rotatable bonds is 3. The van der Waals surface area contributed by atoms with E-state index in [0.29, 0.717) is 6.42 Å². The Hall–Kier alpha value is -1.32. The van der Waals surface area contributed by atoms with E-state index in [1.54, 1.807) is 14.2 Å². The summed E-state index contributed by atoms with van der Waals surface area (Å²) in [6.45, 7) is 1.88. The molecule has 0 radical (unpaired) electrons. The third-order valence-electron chi connectivity index (χ3n) is 3.97. The van der Waals surface area contributed by atoms with Crippen molar-refractivity contribution in [2.75, 3.05) is 14.2 Å². The molecule has 1 aliphatic rings. The molecule has 0 amide bonds. The van der Waals surface area contributed by atoms with Crippen LogP contribution >= 0.6 is 0 Å². The number of methoxy groups -OCH3 is 2. The first-order chi connectivity index (χ1) is 8.98. The topological polar surface area (TPSA) is 18.5 Å². The molecule has 1 aliphatic carbocycles. The van der Waals surface area contributed by atoms with Gasteiger partial charge in [-0.2, -0.15) is 0 Å². The van der Waals surface area contributed by atoms with Gasteiger partial charge in [0.1, 0.15) is 11.5 Å². The zero-order valence-electron chi connectivity index (χ0n) is 11.6. The Morgan fingerprint density at radius 1 is 1.16 bits per heavy atom. The Morgan fingerprint density at radius 3 is 2.21 bits per heavy atom. The molecule has 19 heavy (non-hydrogen) atoms. The molecule has 0 spiro atoms. The van der Waals surface area contributed by atoms with Gasteiger partial charge in [0, 0.05) is 18.4 Å². The molecule has 0 bridgehead atoms. The molecule has 1 aromatic rings. The lowest BCUT2D eigenvalue weighted by atomic mass is 9.74. The largest absolute Gasteiger partial charge is 0.496 e. The van der Waals surface area contributed by atoms with Crippen LogP contribution in [0.4, 0.5) is 8.78 Å². The molecule has 1 aromatic carbocycles. The molecule has 106 valence electrons. The first-order valence-electron chi connectivity index (χ1n) is 6.57. The summed E-state index contributed by atoms with van der Waals surface area (Å²) in [5.74, 6) is -1.12. The van der Waals surface area contributed by atoms with Gasteiger partial charge < -0.3 is 9.47 Å². The van der Waals surface area contributed by atoms with E-state index in [1.165, 1.54) is 0 Å². The third kappa shape index (κ3) is 2.82. The van der Waals surface area contributed by atoms with Gasteiger partial charge in [0.15, 0.2) is 0 Å². The van der Waals surface area contributed by atoms with Crippen LogP contribution in [-0.2, 0) is 0 Å². The maximum absolute atomic E-state index is 13.4. The molecule has 2 rings (SSSR count). The average molecular weight is 270 g/mol. The minimum Gasteiger partial charge on any atom is -0.496 e. The summed E-state index contributed by atoms with van der Waals surface area (Å²) in [6.07, 6.45) is 0.326. The number of alkyl halides is 2. The van der Waals surface area contributed by atoms with E-state index in [-0.39, 0.29) is 24.7 Å². The number of ether oxygens (including phenoxy) is 2. The van der Waals surface area contributed by atoms with Crippen molar-refractivity contribution in [3.05, 3.63) is 23.8 Å². The maximum Gasteiger partial charge on any atom is 0.248 e. The van der Waals surface area contributed by atoms with E-state index < -0.39 is 5.92 Å². The van der Waals surface area contributed by atoms with E-state index in [0.717, 1.165) is 17.1 Å². The number of halogens is 2. The summed E-state index contributed by atoms with van der Waals surface area (Å²) in [4.78, 5) is 0. The summed E-state index contributed by atoms with van der Waals surface area (Å²) in [5, 5.41) is 0. The Morgan fingerprint density at radius 2 is 1.74 bits per heavy atom. The fourth-order valence-corrected chi connectivity index (χ4v) is 3.04. The highest BCUT2D eigenvalue weighted by molar-refractivity contribution is 5.47. The van der Waals surface area contributed by atoms with E-state index in [4.69, 9.17) is 9.47 Å². The minimum atomic E-state index is -2.54. The molecule has 1 saturated carbocycles. The van der Waals surface area contributed by atoms with Crippen molar-refractivity contribution < 1.29 is 18.3 Å². The number of hydrogen-bond acceptors (Lipinski definition) is 2. The molecule has 4 heteroatoms. The van der Waals surface area contributed by atoms with Crippen LogP contribution in [-0.4, -0.2) is 20.1 Å². The van der Waals surface area contributed by atoms with Crippen LogP contribution in [0.1, 0.15) is 37.7 Å². The smallest absolute Gasteiger partial charge is 0.248 e. The Kier molecular flexibility index (Phi) is 3.97. The van der Waals surface area contributed by atoms with Crippen molar-refractivity contribution in [1.82, 2.24) is 0 Å². The zero-order valence-corrected chi connectivity index (χ0v) is 11.6. The SMILES string of the molecule is COc1cccc(OC)c1C1CCC(F)(F)C[C@H]1C. The van der Waals surface area contributed by atoms with Crippen LogP contribution in [0, 0.1) is 5.92 Å². The highest BCUT2D eigenvalue weighted by Crippen LogP contribution is 2.49. The molecule has 1 unspecified atom stereocenters. The highest BCUT2D eigenvalue weighted by Gasteiger charge is 2.41. The van der Waals surface area contributed by atoms with Gasteiger partial charge in [-0.1, -0.05) is 13.0 Å². The van der Waals surface area contributed by atoms with Gasteiger partial charge in [-0.15, -0.1) is 0 Å². The molecule has 0 aliphatic heterocycles. The molecule has 2 atom stereocenters. The van der Waals surface area contributed by atoms with Crippen LogP contribution in [0.2, 0.25) is 0 Å². The quantitative estimate of drug-likeness (QED) is 0.817. The van der Waals surface area contributed by atoms with Crippen LogP contribution < -0.4 is 9.47 Å². The molecule has 0 saturated heterocycles. The van der Waals surface area contributed by atoms with E-state index in [2.05, 4.69) is 0 Å². The number of hydrogen-bond donors (Lipinski definition) is 0. The standard InChI is InChI=1S/C15H20F2O2/c1-10-9-15(16,17)8-7-11(10)14-12(18-2)5-4-6-13(14)19-3/h4-6,10-11H,7-9H2,1-3H3/t10-,11?/m1/s1. The van der Waals surface area contributed by atoms with Gasteiger partial charge in [-0.3, -0.25) is 0 Å². The van der Waals surface area contributed by atoms with Gasteiger partial charge in [0.25, 0.3) is 0 Å². The molecular formula is C15H20F2O2. The van der Waals surface area contributed by atoms with E-state index >= 15 is 0 Å². The fourth-order valence-electron chi connectivity index (χ4n) is 3.04. The highest BCUT2D eigenvalue weighted by atomic mass is 19.3. The summed E-state index contributed by atoms with van der Waals surface area (Å²) in [7, 11) is 3.20. The Balaban J connectivity index is 2.36. The first kappa shape index (κ1) is 14.1. The molecule has 2 nitrogen and oxygen atoms in total. The van der Waals surface area contributed by atoms with Gasteiger partial charge in [0.2, 0.25) is 5.92 Å². The second kappa shape index (κ2) is 5.35. The summed E-state index contributed by atoms with van der Waals surface area (Å²) >= 11 is 0. The predicted molar refractivity (Wildman–Crippen MR) is 70.2 cm³/mol. The average Bonchev–Trinajstić information content (AvgIpc) is 2.37. The van der Waals surface area contributed by atoms with Crippen molar-refractivity contribution in [2.45, 2.75) is 38.0 Å². The van der Waals surface area contributed by atoms with E-state index in [9.17, 15) is 8.78 Å². The summed E-state index contributed by atoms with van der Waals surface area (Å²) < 4.78 is 37.6. The number of benzene rings is 1. The van der Waals surface area contributed by atoms with Gasteiger partial charge in [0.05, 0.1) is 14.2 Å². The maximum atomic E-state index is 13.4. The molecule has 1 fully saturated rings. The van der Waals surface area contributed by atoms with Crippen LogP contribution in [0.15, 0.2) is 18.2 Å². The second-order valence-electron chi connectivity index (χ2n) is 5.26. The molecule has 0 N–H and O–H groups in total. The lowest BCUT2D eigenvalue weighted by Gasteiger charge is -2.35. The second-order valence-corrected chi connectivity index (χ2v) is 5.26. The Labute approximate surface area is 112 Å². The van der Waals surface area contributed by atoms with Crippen molar-refractivity contribution >= 4 is 0 Å². The normalized spacial score (nSPS) is 25.9. The van der Waals surface area contributed by atoms with Crippen LogP contribution in [0.5, 0.6) is 11.5 Å². The van der Waals surface area contributed by atoms with Gasteiger partial charge in [-0.05, 0) is 30.4 Å². The first-order valence-corrected chi connectivity index (χ1v) is 6.57. The van der Waals surface area contributed by atoms with Crippen LogP contribution in [0.3, 0.4) is 0 Å². The molecular weight excluding hydrogens is 250 g/mol. The lowest BCUT2D eigenvalue weighted by Crippen LogP contribution is -2.30. The lowest BCUT2D eigenvalue weighted by molar-refractivity contribution is -0.0559. The van der Waals surface area contributed by atoms with Crippen LogP contribution in [0.25, 0.3) is 0 Å². The molecule has 0 aromatic heterocycles. The fraction of sp³-hybridized carbons (Fsp3) is 0.600. The predicted octanol–water partition coefficient (Wildman–Crippen LogP) is 4.24. The minimum absolute atomic E-state index is 0.0609. The van der Waals surface area contributed by atoms with Crippen molar-refractivity contribution in [3.8, 4) is 11.5 Å². The van der Waals surface area contributed by atoms with E-state index in [1.807, 2.05) is 25.1 Å². The summed E-state index contributed by atoms with van der Waals surface area (Å²) in [6, 6.07) is 5.57. The summed E-state index contributed by atoms with van der Waals surface area (Å²) in [5.41, 5.74) is 0.926. The van der Waals surface area contributed by atoms with Crippen molar-refractivity contribution in [1.29, 1.82) is 0 Å². The van der Waals surface area contributed by atoms with Gasteiger partial charge >= 0.3 is 0 Å². The molecule has 0 heterocycles. The Bertz CT molecular complexity index is 424. The van der Waals surface area contributed by atoms with Gasteiger partial charge in [-0.25, -0.2) is 8.78 Å². The van der Waals surface area contributed by atoms with Crippen molar-refractivity contribution in [2.24, 2.45) is 5.92 Å².